The second-order valence-electron chi connectivity index (χ2n) is 3.30. The van der Waals surface area contributed by atoms with Gasteiger partial charge in [0, 0.05) is 6.61 Å². The molecular formula is C11H17NO2. The molecule has 0 aliphatic heterocycles. The van der Waals surface area contributed by atoms with Crippen molar-refractivity contribution in [2.75, 3.05) is 20.3 Å². The molecule has 1 atom stereocenters. The number of aliphatic hydroxyl groups is 1. The summed E-state index contributed by atoms with van der Waals surface area (Å²) in [5, 5.41) is 9.03. The first-order valence-electron chi connectivity index (χ1n) is 4.74. The Hall–Kier alpha value is -1.06. The van der Waals surface area contributed by atoms with Crippen LogP contribution in [0.15, 0.2) is 24.3 Å². The van der Waals surface area contributed by atoms with Crippen LogP contribution in [0.5, 0.6) is 5.75 Å². The van der Waals surface area contributed by atoms with Gasteiger partial charge in [-0.15, -0.1) is 0 Å². The van der Waals surface area contributed by atoms with Gasteiger partial charge < -0.3 is 15.6 Å². The molecule has 3 heteroatoms. The Kier molecular flexibility index (Phi) is 4.43. The van der Waals surface area contributed by atoms with Gasteiger partial charge in [-0.1, -0.05) is 18.2 Å². The van der Waals surface area contributed by atoms with Crippen LogP contribution in [-0.2, 0) is 6.42 Å². The highest BCUT2D eigenvalue weighted by molar-refractivity contribution is 5.33. The smallest absolute Gasteiger partial charge is 0.122 e. The first-order chi connectivity index (χ1) is 6.81. The topological polar surface area (TPSA) is 55.5 Å². The normalized spacial score (nSPS) is 12.5. The van der Waals surface area contributed by atoms with E-state index in [9.17, 15) is 0 Å². The van der Waals surface area contributed by atoms with Gasteiger partial charge in [0.1, 0.15) is 5.75 Å². The van der Waals surface area contributed by atoms with Crippen molar-refractivity contribution in [1.82, 2.24) is 0 Å². The average molecular weight is 195 g/mol. The molecule has 1 aromatic carbocycles. The zero-order chi connectivity index (χ0) is 10.4. The van der Waals surface area contributed by atoms with Crippen molar-refractivity contribution in [1.29, 1.82) is 0 Å². The van der Waals surface area contributed by atoms with Gasteiger partial charge in [0.25, 0.3) is 0 Å². The number of hydrogen-bond donors (Lipinski definition) is 2. The van der Waals surface area contributed by atoms with Crippen molar-refractivity contribution in [3.8, 4) is 5.75 Å². The largest absolute Gasteiger partial charge is 0.496 e. The molecular weight excluding hydrogens is 178 g/mol. The summed E-state index contributed by atoms with van der Waals surface area (Å²) < 4.78 is 5.21. The molecule has 3 nitrogen and oxygen atoms in total. The van der Waals surface area contributed by atoms with E-state index in [4.69, 9.17) is 15.6 Å². The van der Waals surface area contributed by atoms with E-state index < -0.39 is 0 Å². The second-order valence-corrected chi connectivity index (χ2v) is 3.30. The van der Waals surface area contributed by atoms with E-state index in [1.165, 1.54) is 0 Å². The van der Waals surface area contributed by atoms with Gasteiger partial charge in [0.05, 0.1) is 7.11 Å². The minimum atomic E-state index is 0.117. The highest BCUT2D eigenvalue weighted by atomic mass is 16.5. The van der Waals surface area contributed by atoms with E-state index in [-0.39, 0.29) is 12.5 Å². The summed E-state index contributed by atoms with van der Waals surface area (Å²) in [7, 11) is 1.65. The fraction of sp³-hybridized carbons (Fsp3) is 0.455. The van der Waals surface area contributed by atoms with Crippen LogP contribution in [0.3, 0.4) is 0 Å². The Labute approximate surface area is 84.5 Å². The van der Waals surface area contributed by atoms with Crippen LogP contribution in [0.1, 0.15) is 5.56 Å². The Balaban J connectivity index is 2.74. The van der Waals surface area contributed by atoms with Crippen molar-refractivity contribution < 1.29 is 9.84 Å². The molecule has 0 fully saturated rings. The number of aliphatic hydroxyl groups excluding tert-OH is 1. The summed E-state index contributed by atoms with van der Waals surface area (Å²) in [5.74, 6) is 0.977. The molecule has 3 N–H and O–H groups in total. The Morgan fingerprint density at radius 3 is 2.71 bits per heavy atom. The van der Waals surface area contributed by atoms with Gasteiger partial charge >= 0.3 is 0 Å². The highest BCUT2D eigenvalue weighted by Gasteiger charge is 2.09. The quantitative estimate of drug-likeness (QED) is 0.731. The monoisotopic (exact) mass is 195 g/mol. The van der Waals surface area contributed by atoms with Gasteiger partial charge in [0.15, 0.2) is 0 Å². The van der Waals surface area contributed by atoms with Crippen LogP contribution in [0.4, 0.5) is 0 Å². The SMILES string of the molecule is COc1ccccc1C[C@@H](CN)CO. The predicted octanol–water partition coefficient (Wildman–Crippen LogP) is 0.805. The molecule has 0 radical (unpaired) electrons. The third kappa shape index (κ3) is 2.72. The number of nitrogens with two attached hydrogens (primary N) is 1. The lowest BCUT2D eigenvalue weighted by Crippen LogP contribution is -2.20. The number of ether oxygens (including phenoxy) is 1. The molecule has 0 saturated carbocycles. The van der Waals surface area contributed by atoms with E-state index in [1.54, 1.807) is 7.11 Å². The zero-order valence-corrected chi connectivity index (χ0v) is 8.44. The van der Waals surface area contributed by atoms with E-state index >= 15 is 0 Å². The molecule has 1 aromatic rings. The van der Waals surface area contributed by atoms with Gasteiger partial charge in [-0.25, -0.2) is 0 Å². The van der Waals surface area contributed by atoms with Crippen molar-refractivity contribution in [3.05, 3.63) is 29.8 Å². The maximum atomic E-state index is 9.03. The lowest BCUT2D eigenvalue weighted by molar-refractivity contribution is 0.229. The molecule has 0 bridgehead atoms. The van der Waals surface area contributed by atoms with Crippen LogP contribution < -0.4 is 10.5 Å². The minimum absolute atomic E-state index is 0.117. The first-order valence-corrected chi connectivity index (χ1v) is 4.74. The third-order valence-electron chi connectivity index (χ3n) is 2.29. The molecule has 0 aliphatic rings. The van der Waals surface area contributed by atoms with E-state index in [1.807, 2.05) is 24.3 Å². The Morgan fingerprint density at radius 2 is 2.14 bits per heavy atom. The molecule has 0 aliphatic carbocycles. The van der Waals surface area contributed by atoms with E-state index in [0.29, 0.717) is 6.54 Å². The van der Waals surface area contributed by atoms with Crippen LogP contribution >= 0.6 is 0 Å². The summed E-state index contributed by atoms with van der Waals surface area (Å²) >= 11 is 0. The predicted molar refractivity (Wildman–Crippen MR) is 56.3 cm³/mol. The summed E-state index contributed by atoms with van der Waals surface area (Å²) in [6.45, 7) is 0.614. The molecule has 78 valence electrons. The molecule has 0 unspecified atom stereocenters. The number of para-hydroxylation sites is 1. The number of hydrogen-bond acceptors (Lipinski definition) is 3. The van der Waals surface area contributed by atoms with Gasteiger partial charge in [-0.2, -0.15) is 0 Å². The summed E-state index contributed by atoms with van der Waals surface area (Å²) in [5.41, 5.74) is 6.62. The van der Waals surface area contributed by atoms with E-state index in [2.05, 4.69) is 0 Å². The van der Waals surface area contributed by atoms with Crippen molar-refractivity contribution in [2.24, 2.45) is 11.7 Å². The standard InChI is InChI=1S/C11H17NO2/c1-14-11-5-3-2-4-10(11)6-9(7-12)8-13/h2-5,9,13H,6-8,12H2,1H3/t9-/m0/s1. The number of benzene rings is 1. The van der Waals surface area contributed by atoms with Gasteiger partial charge in [-0.3, -0.25) is 0 Å². The number of rotatable bonds is 5. The summed E-state index contributed by atoms with van der Waals surface area (Å²) in [4.78, 5) is 0. The third-order valence-corrected chi connectivity index (χ3v) is 2.29. The zero-order valence-electron chi connectivity index (χ0n) is 8.44. The lowest BCUT2D eigenvalue weighted by atomic mass is 9.99. The van der Waals surface area contributed by atoms with Crippen LogP contribution in [0, 0.1) is 5.92 Å². The molecule has 0 heterocycles. The molecule has 0 aromatic heterocycles. The molecule has 0 saturated heterocycles. The molecule has 14 heavy (non-hydrogen) atoms. The number of methoxy groups -OCH3 is 1. The molecule has 0 amide bonds. The Morgan fingerprint density at radius 1 is 1.43 bits per heavy atom. The van der Waals surface area contributed by atoms with Crippen LogP contribution in [0.2, 0.25) is 0 Å². The summed E-state index contributed by atoms with van der Waals surface area (Å²) in [6, 6.07) is 7.80. The average Bonchev–Trinajstić information content (AvgIpc) is 2.26. The van der Waals surface area contributed by atoms with Crippen LogP contribution in [-0.4, -0.2) is 25.4 Å². The van der Waals surface area contributed by atoms with Crippen molar-refractivity contribution in [3.63, 3.8) is 0 Å². The maximum absolute atomic E-state index is 9.03. The van der Waals surface area contributed by atoms with E-state index in [0.717, 1.165) is 17.7 Å². The minimum Gasteiger partial charge on any atom is -0.496 e. The molecule has 0 spiro atoms. The van der Waals surface area contributed by atoms with Crippen LogP contribution in [0.25, 0.3) is 0 Å². The fourth-order valence-electron chi connectivity index (χ4n) is 1.41. The highest BCUT2D eigenvalue weighted by Crippen LogP contribution is 2.20. The van der Waals surface area contributed by atoms with Crippen molar-refractivity contribution in [2.45, 2.75) is 6.42 Å². The Bertz CT molecular complexity index is 272. The van der Waals surface area contributed by atoms with Crippen molar-refractivity contribution >= 4 is 0 Å². The molecule has 1 rings (SSSR count). The first kappa shape index (κ1) is 11.0. The maximum Gasteiger partial charge on any atom is 0.122 e. The summed E-state index contributed by atoms with van der Waals surface area (Å²) in [6.07, 6.45) is 0.761. The van der Waals surface area contributed by atoms with Gasteiger partial charge in [0.2, 0.25) is 0 Å². The lowest BCUT2D eigenvalue weighted by Gasteiger charge is -2.13. The van der Waals surface area contributed by atoms with Gasteiger partial charge in [-0.05, 0) is 30.5 Å². The fourth-order valence-corrected chi connectivity index (χ4v) is 1.41. The second kappa shape index (κ2) is 5.62.